The molecule has 0 aromatic heterocycles. The Morgan fingerprint density at radius 2 is 1.79 bits per heavy atom. The molecule has 1 unspecified atom stereocenters. The summed E-state index contributed by atoms with van der Waals surface area (Å²) in [5.41, 5.74) is 4.20. The van der Waals surface area contributed by atoms with Gasteiger partial charge in [0, 0.05) is 38.4 Å². The molecule has 1 heterocycles. The summed E-state index contributed by atoms with van der Waals surface area (Å²) in [5, 5.41) is 0. The van der Waals surface area contributed by atoms with Crippen LogP contribution in [0.5, 0.6) is 5.75 Å². The van der Waals surface area contributed by atoms with Gasteiger partial charge in [-0.25, -0.2) is 0 Å². The fraction of sp³-hybridized carbons (Fsp3) is 0.529. The number of rotatable bonds is 17. The van der Waals surface area contributed by atoms with Crippen LogP contribution >= 0.6 is 0 Å². The van der Waals surface area contributed by atoms with Gasteiger partial charge in [0.25, 0.3) is 0 Å². The van der Waals surface area contributed by atoms with Crippen LogP contribution in [0.4, 0.5) is 5.69 Å². The first-order valence-corrected chi connectivity index (χ1v) is 14.9. The quantitative estimate of drug-likeness (QED) is 0.159. The number of allylic oxidation sites excluding steroid dienone is 3. The van der Waals surface area contributed by atoms with E-state index in [4.69, 9.17) is 4.74 Å². The summed E-state index contributed by atoms with van der Waals surface area (Å²) in [6.07, 6.45) is 15.1. The second-order valence-corrected chi connectivity index (χ2v) is 10.6. The smallest absolute Gasteiger partial charge is 0.119 e. The van der Waals surface area contributed by atoms with Crippen LogP contribution in [0.25, 0.3) is 0 Å². The van der Waals surface area contributed by atoms with Gasteiger partial charge in [0.15, 0.2) is 0 Å². The van der Waals surface area contributed by atoms with E-state index in [1.165, 1.54) is 55.5 Å². The molecule has 2 aromatic rings. The maximum absolute atomic E-state index is 6.04. The summed E-state index contributed by atoms with van der Waals surface area (Å²) in [6, 6.07) is 17.8. The fourth-order valence-corrected chi connectivity index (χ4v) is 5.29. The van der Waals surface area contributed by atoms with Gasteiger partial charge in [0.2, 0.25) is 0 Å². The molecule has 1 atom stereocenters. The number of ether oxygens (including phenoxy) is 1. The molecule has 4 nitrogen and oxygen atoms in total. The lowest BCUT2D eigenvalue weighted by Gasteiger charge is -2.28. The van der Waals surface area contributed by atoms with Gasteiger partial charge in [-0.2, -0.15) is 0 Å². The van der Waals surface area contributed by atoms with Crippen LogP contribution in [0, 0.1) is 0 Å². The van der Waals surface area contributed by atoms with Crippen molar-refractivity contribution in [2.45, 2.75) is 65.3 Å². The lowest BCUT2D eigenvalue weighted by Crippen LogP contribution is -2.25. The minimum Gasteiger partial charge on any atom is -0.492 e. The molecule has 0 N–H and O–H groups in total. The number of nitrogens with zero attached hydrogens (tertiary/aromatic N) is 3. The van der Waals surface area contributed by atoms with Gasteiger partial charge in [0.1, 0.15) is 12.4 Å². The molecule has 0 aliphatic carbocycles. The molecule has 3 rings (SSSR count). The Morgan fingerprint density at radius 3 is 2.55 bits per heavy atom. The second kappa shape index (κ2) is 17.1. The number of likely N-dealkylation sites (tertiary alicyclic amines) is 1. The van der Waals surface area contributed by atoms with Crippen molar-refractivity contribution in [2.24, 2.45) is 0 Å². The van der Waals surface area contributed by atoms with Crippen molar-refractivity contribution in [1.82, 2.24) is 9.80 Å². The number of benzene rings is 2. The van der Waals surface area contributed by atoms with Crippen molar-refractivity contribution in [1.29, 1.82) is 0 Å². The first-order chi connectivity index (χ1) is 18.6. The summed E-state index contributed by atoms with van der Waals surface area (Å²) in [4.78, 5) is 7.47. The summed E-state index contributed by atoms with van der Waals surface area (Å²) < 4.78 is 6.04. The largest absolute Gasteiger partial charge is 0.492 e. The first kappa shape index (κ1) is 30.0. The van der Waals surface area contributed by atoms with Crippen LogP contribution in [0.2, 0.25) is 0 Å². The molecular formula is C34H51N3O. The lowest BCUT2D eigenvalue weighted by molar-refractivity contribution is 0.234. The van der Waals surface area contributed by atoms with Crippen molar-refractivity contribution in [2.75, 3.05) is 57.8 Å². The second-order valence-electron chi connectivity index (χ2n) is 10.6. The van der Waals surface area contributed by atoms with Crippen LogP contribution in [0.1, 0.15) is 69.9 Å². The third-order valence-electron chi connectivity index (χ3n) is 7.61. The minimum atomic E-state index is 0.593. The molecule has 208 valence electrons. The number of anilines is 1. The van der Waals surface area contributed by atoms with Crippen molar-refractivity contribution in [3.63, 3.8) is 0 Å². The number of unbranched alkanes of at least 4 members (excludes halogenated alkanes) is 3. The molecule has 0 saturated carbocycles. The highest BCUT2D eigenvalue weighted by atomic mass is 16.5. The minimum absolute atomic E-state index is 0.593. The van der Waals surface area contributed by atoms with Crippen LogP contribution in [-0.4, -0.2) is 62.7 Å². The third-order valence-corrected chi connectivity index (χ3v) is 7.61. The highest BCUT2D eigenvalue weighted by molar-refractivity contribution is 5.56. The van der Waals surface area contributed by atoms with E-state index in [0.717, 1.165) is 51.6 Å². The Labute approximate surface area is 233 Å². The van der Waals surface area contributed by atoms with E-state index in [1.54, 1.807) is 0 Å². The predicted octanol–water partition coefficient (Wildman–Crippen LogP) is 7.53. The molecule has 0 bridgehead atoms. The number of para-hydroxylation sites is 1. The Kier molecular flexibility index (Phi) is 13.5. The van der Waals surface area contributed by atoms with Gasteiger partial charge in [0.05, 0.1) is 0 Å². The zero-order chi connectivity index (χ0) is 27.0. The van der Waals surface area contributed by atoms with E-state index in [0.29, 0.717) is 5.92 Å². The Bertz CT molecular complexity index is 968. The molecule has 0 spiro atoms. The van der Waals surface area contributed by atoms with E-state index in [9.17, 15) is 0 Å². The SMILES string of the molecule is C/C=C\C=C/CN1CCC(c2ccccc2N(CC)Cc2ccc(OCCN(C)CCCCCC)cc2)C1. The Balaban J connectivity index is 1.52. The maximum atomic E-state index is 6.04. The lowest BCUT2D eigenvalue weighted by atomic mass is 9.95. The Hall–Kier alpha value is -2.56. The number of hydrogen-bond acceptors (Lipinski definition) is 4. The average molecular weight is 518 g/mol. The zero-order valence-electron chi connectivity index (χ0n) is 24.4. The van der Waals surface area contributed by atoms with E-state index in [1.807, 2.05) is 0 Å². The fourth-order valence-electron chi connectivity index (χ4n) is 5.29. The van der Waals surface area contributed by atoms with Crippen LogP contribution < -0.4 is 9.64 Å². The molecule has 1 aliphatic rings. The first-order valence-electron chi connectivity index (χ1n) is 14.9. The highest BCUT2D eigenvalue weighted by Gasteiger charge is 2.26. The number of hydrogen-bond donors (Lipinski definition) is 0. The molecule has 0 amide bonds. The van der Waals surface area contributed by atoms with Crippen molar-refractivity contribution >= 4 is 5.69 Å². The Morgan fingerprint density at radius 1 is 0.974 bits per heavy atom. The monoisotopic (exact) mass is 517 g/mol. The number of likely N-dealkylation sites (N-methyl/N-ethyl adjacent to an activating group) is 1. The third kappa shape index (κ3) is 9.96. The molecule has 1 saturated heterocycles. The standard InChI is InChI=1S/C34H51N3O/c1-5-8-10-14-23-35(4)26-27-38-32-20-18-30(19-21-32)28-37(7-3)34-17-13-12-16-33(34)31-22-25-36(29-31)24-15-11-9-6-2/h6,9,11-13,15-21,31H,5,7-8,10,14,22-29H2,1-4H3/b9-6-,15-11-. The van der Waals surface area contributed by atoms with E-state index < -0.39 is 0 Å². The predicted molar refractivity (Wildman–Crippen MR) is 164 cm³/mol. The normalized spacial score (nSPS) is 16.3. The van der Waals surface area contributed by atoms with Gasteiger partial charge in [-0.05, 0) is 82.1 Å². The zero-order valence-corrected chi connectivity index (χ0v) is 24.4. The summed E-state index contributed by atoms with van der Waals surface area (Å²) in [5.74, 6) is 1.56. The summed E-state index contributed by atoms with van der Waals surface area (Å²) >= 11 is 0. The molecular weight excluding hydrogens is 466 g/mol. The topological polar surface area (TPSA) is 19.0 Å². The van der Waals surface area contributed by atoms with E-state index >= 15 is 0 Å². The van der Waals surface area contributed by atoms with Crippen LogP contribution in [0.3, 0.4) is 0 Å². The maximum Gasteiger partial charge on any atom is 0.119 e. The van der Waals surface area contributed by atoms with E-state index in [2.05, 4.69) is 115 Å². The van der Waals surface area contributed by atoms with Gasteiger partial charge < -0.3 is 14.5 Å². The molecule has 0 radical (unpaired) electrons. The van der Waals surface area contributed by atoms with Gasteiger partial charge in [-0.3, -0.25) is 4.90 Å². The van der Waals surface area contributed by atoms with Crippen LogP contribution in [-0.2, 0) is 6.54 Å². The van der Waals surface area contributed by atoms with Crippen molar-refractivity contribution in [3.8, 4) is 5.75 Å². The average Bonchev–Trinajstić information content (AvgIpc) is 3.42. The highest BCUT2D eigenvalue weighted by Crippen LogP contribution is 2.34. The van der Waals surface area contributed by atoms with Gasteiger partial charge >= 0.3 is 0 Å². The van der Waals surface area contributed by atoms with Crippen molar-refractivity contribution < 1.29 is 4.74 Å². The summed E-state index contributed by atoms with van der Waals surface area (Å²) in [6.45, 7) is 14.7. The summed E-state index contributed by atoms with van der Waals surface area (Å²) in [7, 11) is 2.20. The molecule has 1 aliphatic heterocycles. The van der Waals surface area contributed by atoms with Crippen molar-refractivity contribution in [3.05, 3.63) is 84.0 Å². The molecule has 4 heteroatoms. The van der Waals surface area contributed by atoms with Gasteiger partial charge in [-0.1, -0.05) is 80.8 Å². The molecule has 38 heavy (non-hydrogen) atoms. The van der Waals surface area contributed by atoms with Crippen LogP contribution in [0.15, 0.2) is 72.8 Å². The molecule has 1 fully saturated rings. The van der Waals surface area contributed by atoms with Gasteiger partial charge in [-0.15, -0.1) is 0 Å². The molecule has 2 aromatic carbocycles. The van der Waals surface area contributed by atoms with E-state index in [-0.39, 0.29) is 0 Å².